The van der Waals surface area contributed by atoms with E-state index in [2.05, 4.69) is 12.2 Å². The third-order valence-corrected chi connectivity index (χ3v) is 3.08. The highest BCUT2D eigenvalue weighted by atomic mass is 16.3. The molecule has 0 saturated heterocycles. The molecule has 2 unspecified atom stereocenters. The highest BCUT2D eigenvalue weighted by Crippen LogP contribution is 2.31. The first-order valence-electron chi connectivity index (χ1n) is 5.11. The zero-order valence-electron chi connectivity index (χ0n) is 8.66. The van der Waals surface area contributed by atoms with Gasteiger partial charge in [-0.1, -0.05) is 26.0 Å². The predicted octanol–water partition coefficient (Wildman–Crippen LogP) is 1.69. The maximum Gasteiger partial charge on any atom is 0.0634 e. The topological polar surface area (TPSA) is 46.2 Å². The molecule has 0 aromatic carbocycles. The Morgan fingerprint density at radius 3 is 2.69 bits per heavy atom. The smallest absolute Gasteiger partial charge is 0.0634 e. The summed E-state index contributed by atoms with van der Waals surface area (Å²) in [5.41, 5.74) is 5.49. The number of nitrogens with two attached hydrogens (primary N) is 1. The number of hydrogen-bond donors (Lipinski definition) is 2. The molecule has 2 nitrogen and oxygen atoms in total. The van der Waals surface area contributed by atoms with Gasteiger partial charge in [-0.05, 0) is 31.7 Å². The lowest BCUT2D eigenvalue weighted by Gasteiger charge is -2.35. The lowest BCUT2D eigenvalue weighted by molar-refractivity contribution is 0.00304. The zero-order chi connectivity index (χ0) is 9.90. The summed E-state index contributed by atoms with van der Waals surface area (Å²) in [7, 11) is 0. The Labute approximate surface area is 80.8 Å². The van der Waals surface area contributed by atoms with E-state index in [0.717, 1.165) is 19.3 Å². The van der Waals surface area contributed by atoms with Gasteiger partial charge in [-0.2, -0.15) is 0 Å². The van der Waals surface area contributed by atoms with Gasteiger partial charge in [-0.3, -0.25) is 0 Å². The minimum atomic E-state index is -0.262. The Balaban J connectivity index is 2.55. The molecule has 0 aromatic rings. The normalized spacial score (nSPS) is 26.0. The van der Waals surface area contributed by atoms with Crippen LogP contribution in [0.3, 0.4) is 0 Å². The lowest BCUT2D eigenvalue weighted by Crippen LogP contribution is -2.41. The second-order valence-corrected chi connectivity index (χ2v) is 4.68. The first-order valence-corrected chi connectivity index (χ1v) is 5.11. The number of rotatable bonds is 3. The van der Waals surface area contributed by atoms with Crippen LogP contribution in [-0.2, 0) is 0 Å². The molecule has 2 atom stereocenters. The van der Waals surface area contributed by atoms with Crippen molar-refractivity contribution in [2.45, 2.75) is 39.2 Å². The molecule has 13 heavy (non-hydrogen) atoms. The Kier molecular flexibility index (Phi) is 3.51. The van der Waals surface area contributed by atoms with E-state index in [-0.39, 0.29) is 11.5 Å². The molecule has 0 saturated carbocycles. The fraction of sp³-hybridized carbons (Fsp3) is 0.818. The molecule has 2 heteroatoms. The SMILES string of the molecule is CC(C)(CN)C(O)C1CC=CCC1. The van der Waals surface area contributed by atoms with Crippen molar-refractivity contribution in [3.05, 3.63) is 12.2 Å². The molecule has 76 valence electrons. The molecule has 1 aliphatic rings. The highest BCUT2D eigenvalue weighted by molar-refractivity contribution is 4.95. The van der Waals surface area contributed by atoms with Crippen LogP contribution in [0, 0.1) is 11.3 Å². The molecule has 0 aromatic heterocycles. The third kappa shape index (κ3) is 2.55. The van der Waals surface area contributed by atoms with E-state index >= 15 is 0 Å². The van der Waals surface area contributed by atoms with E-state index in [9.17, 15) is 5.11 Å². The van der Waals surface area contributed by atoms with Gasteiger partial charge in [0.15, 0.2) is 0 Å². The van der Waals surface area contributed by atoms with Crippen molar-refractivity contribution in [3.8, 4) is 0 Å². The summed E-state index contributed by atoms with van der Waals surface area (Å²) in [5, 5.41) is 10.1. The van der Waals surface area contributed by atoms with Crippen molar-refractivity contribution in [1.82, 2.24) is 0 Å². The maximum absolute atomic E-state index is 10.1. The molecule has 1 aliphatic carbocycles. The second kappa shape index (κ2) is 4.25. The lowest BCUT2D eigenvalue weighted by atomic mass is 9.75. The number of aliphatic hydroxyl groups is 1. The molecule has 0 bridgehead atoms. The number of aliphatic hydroxyl groups excluding tert-OH is 1. The average Bonchev–Trinajstić information content (AvgIpc) is 2.18. The van der Waals surface area contributed by atoms with Gasteiger partial charge in [0, 0.05) is 5.41 Å². The molecule has 0 amide bonds. The summed E-state index contributed by atoms with van der Waals surface area (Å²) in [5.74, 6) is 0.406. The third-order valence-electron chi connectivity index (χ3n) is 3.08. The fourth-order valence-corrected chi connectivity index (χ4v) is 1.86. The van der Waals surface area contributed by atoms with Crippen LogP contribution < -0.4 is 5.73 Å². The van der Waals surface area contributed by atoms with Crippen molar-refractivity contribution >= 4 is 0 Å². The molecule has 0 fully saturated rings. The van der Waals surface area contributed by atoms with Gasteiger partial charge >= 0.3 is 0 Å². The van der Waals surface area contributed by atoms with Crippen LogP contribution in [0.1, 0.15) is 33.1 Å². The predicted molar refractivity (Wildman–Crippen MR) is 55.3 cm³/mol. The molecular weight excluding hydrogens is 162 g/mol. The van der Waals surface area contributed by atoms with E-state index in [1.54, 1.807) is 0 Å². The van der Waals surface area contributed by atoms with E-state index in [1.165, 1.54) is 0 Å². The van der Waals surface area contributed by atoms with Gasteiger partial charge < -0.3 is 10.8 Å². The van der Waals surface area contributed by atoms with Gasteiger partial charge in [0.25, 0.3) is 0 Å². The molecule has 0 radical (unpaired) electrons. The van der Waals surface area contributed by atoms with Crippen LogP contribution in [0.4, 0.5) is 0 Å². The van der Waals surface area contributed by atoms with Crippen molar-refractivity contribution in [2.24, 2.45) is 17.1 Å². The summed E-state index contributed by atoms with van der Waals surface area (Å²) in [6.45, 7) is 4.63. The van der Waals surface area contributed by atoms with E-state index in [4.69, 9.17) is 5.73 Å². The number of hydrogen-bond acceptors (Lipinski definition) is 2. The van der Waals surface area contributed by atoms with E-state index < -0.39 is 0 Å². The van der Waals surface area contributed by atoms with Crippen LogP contribution in [0.25, 0.3) is 0 Å². The van der Waals surface area contributed by atoms with Crippen LogP contribution >= 0.6 is 0 Å². The van der Waals surface area contributed by atoms with Crippen LogP contribution in [0.2, 0.25) is 0 Å². The van der Waals surface area contributed by atoms with Crippen molar-refractivity contribution in [2.75, 3.05) is 6.54 Å². The monoisotopic (exact) mass is 183 g/mol. The summed E-state index contributed by atoms with van der Waals surface area (Å²) in [4.78, 5) is 0. The van der Waals surface area contributed by atoms with Gasteiger partial charge in [0.05, 0.1) is 6.10 Å². The Hall–Kier alpha value is -0.340. The van der Waals surface area contributed by atoms with Gasteiger partial charge in [0.2, 0.25) is 0 Å². The molecule has 1 rings (SSSR count). The Morgan fingerprint density at radius 1 is 1.54 bits per heavy atom. The average molecular weight is 183 g/mol. The van der Waals surface area contributed by atoms with Crippen molar-refractivity contribution < 1.29 is 5.11 Å². The van der Waals surface area contributed by atoms with Gasteiger partial charge in [0.1, 0.15) is 0 Å². The second-order valence-electron chi connectivity index (χ2n) is 4.68. The molecule has 0 spiro atoms. The summed E-state index contributed by atoms with van der Waals surface area (Å²) < 4.78 is 0. The van der Waals surface area contributed by atoms with Crippen molar-refractivity contribution in [3.63, 3.8) is 0 Å². The molecule has 0 heterocycles. The quantitative estimate of drug-likeness (QED) is 0.654. The first kappa shape index (κ1) is 10.7. The highest BCUT2D eigenvalue weighted by Gasteiger charge is 2.32. The maximum atomic E-state index is 10.1. The largest absolute Gasteiger partial charge is 0.392 e. The standard InChI is InChI=1S/C11H21NO/c1-11(2,8-12)10(13)9-6-4-3-5-7-9/h3-4,9-10,13H,5-8,12H2,1-2H3. The zero-order valence-corrected chi connectivity index (χ0v) is 8.66. The van der Waals surface area contributed by atoms with Crippen LogP contribution in [0.5, 0.6) is 0 Å². The summed E-state index contributed by atoms with van der Waals surface area (Å²) in [6, 6.07) is 0. The minimum absolute atomic E-state index is 0.143. The Bertz CT molecular complexity index is 187. The van der Waals surface area contributed by atoms with Crippen LogP contribution in [0.15, 0.2) is 12.2 Å². The van der Waals surface area contributed by atoms with Crippen LogP contribution in [-0.4, -0.2) is 17.8 Å². The summed E-state index contributed by atoms with van der Waals surface area (Å²) >= 11 is 0. The number of allylic oxidation sites excluding steroid dienone is 2. The Morgan fingerprint density at radius 2 is 2.23 bits per heavy atom. The van der Waals surface area contributed by atoms with Gasteiger partial charge in [-0.15, -0.1) is 0 Å². The van der Waals surface area contributed by atoms with E-state index in [1.807, 2.05) is 13.8 Å². The van der Waals surface area contributed by atoms with E-state index in [0.29, 0.717) is 12.5 Å². The molecule has 0 aliphatic heterocycles. The fourth-order valence-electron chi connectivity index (χ4n) is 1.86. The molecule has 3 N–H and O–H groups in total. The van der Waals surface area contributed by atoms with Crippen molar-refractivity contribution in [1.29, 1.82) is 0 Å². The molecular formula is C11H21NO. The summed E-state index contributed by atoms with van der Waals surface area (Å²) in [6.07, 6.45) is 7.30. The first-order chi connectivity index (χ1) is 6.08. The van der Waals surface area contributed by atoms with Gasteiger partial charge in [-0.25, -0.2) is 0 Å². The minimum Gasteiger partial charge on any atom is -0.392 e.